The van der Waals surface area contributed by atoms with Gasteiger partial charge in [0, 0.05) is 6.54 Å². The second-order valence-corrected chi connectivity index (χ2v) is 5.38. The molecule has 1 heterocycles. The number of likely N-dealkylation sites (tertiary alicyclic amines) is 1. The number of hydrogen-bond acceptors (Lipinski definition) is 2. The van der Waals surface area contributed by atoms with Gasteiger partial charge in [-0.3, -0.25) is 4.90 Å². The Labute approximate surface area is 109 Å². The van der Waals surface area contributed by atoms with E-state index in [1.54, 1.807) is 6.07 Å². The predicted molar refractivity (Wildman–Crippen MR) is 72.8 cm³/mol. The van der Waals surface area contributed by atoms with Gasteiger partial charge < -0.3 is 5.73 Å². The first kappa shape index (κ1) is 13.5. The van der Waals surface area contributed by atoms with E-state index in [1.807, 2.05) is 19.1 Å². The maximum Gasteiger partial charge on any atom is 0.126 e. The van der Waals surface area contributed by atoms with E-state index in [9.17, 15) is 4.39 Å². The average Bonchev–Trinajstić information content (AvgIpc) is 2.37. The summed E-state index contributed by atoms with van der Waals surface area (Å²) in [5.74, 6) is 0.696. The third-order valence-electron chi connectivity index (χ3n) is 3.91. The van der Waals surface area contributed by atoms with E-state index >= 15 is 0 Å². The zero-order valence-electron chi connectivity index (χ0n) is 11.2. The largest absolute Gasteiger partial charge is 0.330 e. The molecule has 0 atom stereocenters. The summed E-state index contributed by atoms with van der Waals surface area (Å²) in [7, 11) is 0. The van der Waals surface area contributed by atoms with Gasteiger partial charge in [-0.05, 0) is 68.9 Å². The molecular weight excluding hydrogens is 227 g/mol. The van der Waals surface area contributed by atoms with E-state index in [4.69, 9.17) is 5.73 Å². The Balaban J connectivity index is 1.85. The zero-order chi connectivity index (χ0) is 13.0. The Morgan fingerprint density at radius 1 is 1.33 bits per heavy atom. The Kier molecular flexibility index (Phi) is 4.72. The van der Waals surface area contributed by atoms with E-state index in [0.717, 1.165) is 44.1 Å². The fourth-order valence-corrected chi connectivity index (χ4v) is 2.73. The Morgan fingerprint density at radius 2 is 2.06 bits per heavy atom. The highest BCUT2D eigenvalue weighted by molar-refractivity contribution is 5.23. The van der Waals surface area contributed by atoms with E-state index < -0.39 is 0 Å². The number of piperidine rings is 1. The second-order valence-electron chi connectivity index (χ2n) is 5.38. The van der Waals surface area contributed by atoms with Crippen LogP contribution < -0.4 is 5.73 Å². The monoisotopic (exact) mass is 250 g/mol. The second kappa shape index (κ2) is 6.30. The molecule has 100 valence electrons. The average molecular weight is 250 g/mol. The van der Waals surface area contributed by atoms with Crippen LogP contribution in [-0.4, -0.2) is 24.5 Å². The van der Waals surface area contributed by atoms with Crippen molar-refractivity contribution in [3.63, 3.8) is 0 Å². The van der Waals surface area contributed by atoms with Gasteiger partial charge in [-0.15, -0.1) is 0 Å². The van der Waals surface area contributed by atoms with Crippen molar-refractivity contribution in [2.45, 2.75) is 32.7 Å². The molecule has 3 heteroatoms. The number of nitrogens with two attached hydrogens (primary N) is 1. The molecule has 1 fully saturated rings. The van der Waals surface area contributed by atoms with Crippen LogP contribution in [0.3, 0.4) is 0 Å². The maximum absolute atomic E-state index is 13.2. The number of hydrogen-bond donors (Lipinski definition) is 1. The highest BCUT2D eigenvalue weighted by Gasteiger charge is 2.18. The molecular formula is C15H23FN2. The van der Waals surface area contributed by atoms with Gasteiger partial charge in [0.25, 0.3) is 0 Å². The summed E-state index contributed by atoms with van der Waals surface area (Å²) in [5, 5.41) is 0. The van der Waals surface area contributed by atoms with Gasteiger partial charge in [-0.1, -0.05) is 12.1 Å². The third-order valence-corrected chi connectivity index (χ3v) is 3.91. The minimum absolute atomic E-state index is 0.111. The van der Waals surface area contributed by atoms with Gasteiger partial charge in [-0.25, -0.2) is 4.39 Å². The van der Waals surface area contributed by atoms with Gasteiger partial charge in [-0.2, -0.15) is 0 Å². The van der Waals surface area contributed by atoms with Crippen molar-refractivity contribution in [3.05, 3.63) is 35.1 Å². The highest BCUT2D eigenvalue weighted by Crippen LogP contribution is 2.21. The fourth-order valence-electron chi connectivity index (χ4n) is 2.73. The smallest absolute Gasteiger partial charge is 0.126 e. The van der Waals surface area contributed by atoms with Crippen molar-refractivity contribution in [1.29, 1.82) is 0 Å². The number of rotatable bonds is 4. The Morgan fingerprint density at radius 3 is 2.67 bits per heavy atom. The van der Waals surface area contributed by atoms with Crippen LogP contribution in [0.15, 0.2) is 18.2 Å². The Bertz CT molecular complexity index is 384. The highest BCUT2D eigenvalue weighted by atomic mass is 19.1. The van der Waals surface area contributed by atoms with E-state index in [1.165, 1.54) is 18.4 Å². The van der Waals surface area contributed by atoms with Crippen LogP contribution in [0.2, 0.25) is 0 Å². The molecule has 2 rings (SSSR count). The van der Waals surface area contributed by atoms with Crippen LogP contribution in [0.1, 0.15) is 30.4 Å². The quantitative estimate of drug-likeness (QED) is 0.890. The topological polar surface area (TPSA) is 29.3 Å². The number of aryl methyl sites for hydroxylation is 1. The lowest BCUT2D eigenvalue weighted by atomic mass is 9.93. The van der Waals surface area contributed by atoms with Crippen LogP contribution >= 0.6 is 0 Å². The van der Waals surface area contributed by atoms with E-state index in [-0.39, 0.29) is 5.82 Å². The molecule has 0 unspecified atom stereocenters. The molecule has 0 spiro atoms. The minimum atomic E-state index is -0.111. The van der Waals surface area contributed by atoms with Crippen molar-refractivity contribution >= 4 is 0 Å². The van der Waals surface area contributed by atoms with E-state index in [2.05, 4.69) is 4.90 Å². The normalized spacial score (nSPS) is 18.2. The summed E-state index contributed by atoms with van der Waals surface area (Å²) in [6.07, 6.45) is 3.65. The van der Waals surface area contributed by atoms with Crippen molar-refractivity contribution in [2.24, 2.45) is 11.7 Å². The SMILES string of the molecule is Cc1cc(CN2CCC(CCN)CC2)ccc1F. The fraction of sp³-hybridized carbons (Fsp3) is 0.600. The van der Waals surface area contributed by atoms with Gasteiger partial charge >= 0.3 is 0 Å². The lowest BCUT2D eigenvalue weighted by molar-refractivity contribution is 0.173. The summed E-state index contributed by atoms with van der Waals surface area (Å²) < 4.78 is 13.2. The summed E-state index contributed by atoms with van der Waals surface area (Å²) in [4.78, 5) is 2.46. The van der Waals surface area contributed by atoms with Crippen LogP contribution in [0.25, 0.3) is 0 Å². The molecule has 0 radical (unpaired) electrons. The van der Waals surface area contributed by atoms with E-state index in [0.29, 0.717) is 0 Å². The molecule has 0 aliphatic carbocycles. The first-order chi connectivity index (χ1) is 8.69. The standard InChI is InChI=1S/C15H23FN2/c1-12-10-14(2-3-15(12)16)11-18-8-5-13(4-7-17)6-9-18/h2-3,10,13H,4-9,11,17H2,1H3. The molecule has 1 aliphatic heterocycles. The van der Waals surface area contributed by atoms with Crippen molar-refractivity contribution in [1.82, 2.24) is 4.90 Å². The first-order valence-corrected chi connectivity index (χ1v) is 6.86. The summed E-state index contributed by atoms with van der Waals surface area (Å²) >= 11 is 0. The lowest BCUT2D eigenvalue weighted by Gasteiger charge is -2.31. The molecule has 1 aromatic rings. The number of benzene rings is 1. The van der Waals surface area contributed by atoms with Crippen LogP contribution in [0.4, 0.5) is 4.39 Å². The molecule has 1 saturated heterocycles. The van der Waals surface area contributed by atoms with Gasteiger partial charge in [0.2, 0.25) is 0 Å². The predicted octanol–water partition coefficient (Wildman–Crippen LogP) is 2.69. The molecule has 0 saturated carbocycles. The van der Waals surface area contributed by atoms with Crippen molar-refractivity contribution in [3.8, 4) is 0 Å². The van der Waals surface area contributed by atoms with Crippen LogP contribution in [0.5, 0.6) is 0 Å². The van der Waals surface area contributed by atoms with Crippen molar-refractivity contribution < 1.29 is 4.39 Å². The van der Waals surface area contributed by atoms with Gasteiger partial charge in [0.1, 0.15) is 5.82 Å². The molecule has 18 heavy (non-hydrogen) atoms. The molecule has 0 bridgehead atoms. The van der Waals surface area contributed by atoms with Gasteiger partial charge in [0.15, 0.2) is 0 Å². The van der Waals surface area contributed by atoms with Crippen LogP contribution in [-0.2, 0) is 6.54 Å². The van der Waals surface area contributed by atoms with Crippen molar-refractivity contribution in [2.75, 3.05) is 19.6 Å². The first-order valence-electron chi connectivity index (χ1n) is 6.86. The molecule has 0 aromatic heterocycles. The number of halogens is 1. The number of nitrogens with zero attached hydrogens (tertiary/aromatic N) is 1. The van der Waals surface area contributed by atoms with Gasteiger partial charge in [0.05, 0.1) is 0 Å². The summed E-state index contributed by atoms with van der Waals surface area (Å²) in [5.41, 5.74) is 7.55. The molecule has 2 nitrogen and oxygen atoms in total. The molecule has 1 aliphatic rings. The maximum atomic E-state index is 13.2. The molecule has 1 aromatic carbocycles. The third kappa shape index (κ3) is 3.53. The zero-order valence-corrected chi connectivity index (χ0v) is 11.2. The lowest BCUT2D eigenvalue weighted by Crippen LogP contribution is -2.33. The van der Waals surface area contributed by atoms with Crippen LogP contribution in [0, 0.1) is 18.7 Å². The summed E-state index contributed by atoms with van der Waals surface area (Å²) in [6, 6.07) is 5.43. The summed E-state index contributed by atoms with van der Waals surface area (Å²) in [6.45, 7) is 5.85. The molecule has 0 amide bonds. The molecule has 2 N–H and O–H groups in total. The Hall–Kier alpha value is -0.930. The minimum Gasteiger partial charge on any atom is -0.330 e.